The number of hydrogen-bond donors (Lipinski definition) is 2. The van der Waals surface area contributed by atoms with E-state index in [1.54, 1.807) is 18.2 Å². The lowest BCUT2D eigenvalue weighted by atomic mass is 10.2. The van der Waals surface area contributed by atoms with Gasteiger partial charge in [0.05, 0.1) is 12.2 Å². The summed E-state index contributed by atoms with van der Waals surface area (Å²) in [6.07, 6.45) is -0.830. The Balaban J connectivity index is 2.27. The summed E-state index contributed by atoms with van der Waals surface area (Å²) in [5.41, 5.74) is 0.731. The molecule has 2 rings (SSSR count). The van der Waals surface area contributed by atoms with Crippen LogP contribution >= 0.6 is 11.6 Å². The van der Waals surface area contributed by atoms with E-state index in [-0.39, 0.29) is 6.54 Å². The van der Waals surface area contributed by atoms with Crippen molar-refractivity contribution in [3.05, 3.63) is 23.2 Å². The van der Waals surface area contributed by atoms with Gasteiger partial charge in [0.25, 0.3) is 0 Å². The number of hydrogen-bond acceptors (Lipinski definition) is 3. The number of benzene rings is 1. The van der Waals surface area contributed by atoms with Crippen LogP contribution in [0.4, 0.5) is 5.69 Å². The molecule has 2 N–H and O–H groups in total. The van der Waals surface area contributed by atoms with Crippen molar-refractivity contribution in [1.82, 2.24) is 0 Å². The van der Waals surface area contributed by atoms with Crippen LogP contribution in [-0.2, 0) is 4.79 Å². The van der Waals surface area contributed by atoms with E-state index in [1.807, 2.05) is 0 Å². The molecule has 0 radical (unpaired) electrons. The normalized spacial score (nSPS) is 19.1. The lowest BCUT2D eigenvalue weighted by molar-refractivity contribution is -0.144. The molecular formula is C9H8ClNO3. The highest BCUT2D eigenvalue weighted by atomic mass is 35.5. The molecule has 4 nitrogen and oxygen atoms in total. The first-order chi connectivity index (χ1) is 6.66. The molecular weight excluding hydrogens is 206 g/mol. The number of fused-ring (bicyclic) bond motifs is 1. The quantitative estimate of drug-likeness (QED) is 0.744. The summed E-state index contributed by atoms with van der Waals surface area (Å²) in [7, 11) is 0. The van der Waals surface area contributed by atoms with Crippen LogP contribution in [0.15, 0.2) is 18.2 Å². The van der Waals surface area contributed by atoms with Gasteiger partial charge in [-0.3, -0.25) is 0 Å². The van der Waals surface area contributed by atoms with E-state index >= 15 is 0 Å². The van der Waals surface area contributed by atoms with Gasteiger partial charge in [0.1, 0.15) is 5.75 Å². The van der Waals surface area contributed by atoms with Crippen LogP contribution in [-0.4, -0.2) is 23.7 Å². The highest BCUT2D eigenvalue weighted by Gasteiger charge is 2.25. The fourth-order valence-electron chi connectivity index (χ4n) is 1.28. The van der Waals surface area contributed by atoms with E-state index in [2.05, 4.69) is 5.32 Å². The third kappa shape index (κ3) is 1.61. The minimum atomic E-state index is -0.974. The van der Waals surface area contributed by atoms with Crippen LogP contribution in [0.5, 0.6) is 5.75 Å². The summed E-state index contributed by atoms with van der Waals surface area (Å²) < 4.78 is 5.23. The Morgan fingerprint density at radius 2 is 2.43 bits per heavy atom. The predicted molar refractivity (Wildman–Crippen MR) is 52.0 cm³/mol. The molecule has 1 aliphatic heterocycles. The fraction of sp³-hybridized carbons (Fsp3) is 0.222. The zero-order valence-corrected chi connectivity index (χ0v) is 7.91. The number of nitrogens with one attached hydrogen (secondary N) is 1. The second-order valence-corrected chi connectivity index (χ2v) is 3.40. The molecule has 0 spiro atoms. The Morgan fingerprint density at radius 1 is 1.64 bits per heavy atom. The molecule has 14 heavy (non-hydrogen) atoms. The minimum absolute atomic E-state index is 0.253. The van der Waals surface area contributed by atoms with Crippen LogP contribution in [0.1, 0.15) is 0 Å². The Bertz CT molecular complexity index is 380. The first-order valence-corrected chi connectivity index (χ1v) is 4.47. The third-order valence-electron chi connectivity index (χ3n) is 1.96. The fourth-order valence-corrected chi connectivity index (χ4v) is 1.45. The van der Waals surface area contributed by atoms with E-state index < -0.39 is 12.1 Å². The minimum Gasteiger partial charge on any atom is -0.478 e. The molecule has 0 bridgehead atoms. The average molecular weight is 214 g/mol. The summed E-state index contributed by atoms with van der Waals surface area (Å²) in [6, 6.07) is 5.01. The summed E-state index contributed by atoms with van der Waals surface area (Å²) in [5, 5.41) is 12.3. The van der Waals surface area contributed by atoms with Gasteiger partial charge in [-0.05, 0) is 18.2 Å². The molecule has 0 saturated heterocycles. The number of anilines is 1. The number of ether oxygens (including phenoxy) is 1. The second kappa shape index (κ2) is 3.38. The van der Waals surface area contributed by atoms with Crippen LogP contribution < -0.4 is 10.1 Å². The van der Waals surface area contributed by atoms with Gasteiger partial charge in [0, 0.05) is 5.02 Å². The van der Waals surface area contributed by atoms with Gasteiger partial charge >= 0.3 is 5.97 Å². The Morgan fingerprint density at radius 3 is 3.14 bits per heavy atom. The first kappa shape index (κ1) is 9.15. The second-order valence-electron chi connectivity index (χ2n) is 2.97. The van der Waals surface area contributed by atoms with Gasteiger partial charge in [-0.25, -0.2) is 4.79 Å². The highest BCUT2D eigenvalue weighted by molar-refractivity contribution is 6.30. The zero-order chi connectivity index (χ0) is 10.1. The molecule has 0 aliphatic carbocycles. The molecule has 1 heterocycles. The van der Waals surface area contributed by atoms with Crippen molar-refractivity contribution >= 4 is 23.3 Å². The van der Waals surface area contributed by atoms with Gasteiger partial charge in [-0.1, -0.05) is 11.6 Å². The predicted octanol–water partition coefficient (Wildman–Crippen LogP) is 1.60. The average Bonchev–Trinajstić information content (AvgIpc) is 2.16. The lowest BCUT2D eigenvalue weighted by Gasteiger charge is -2.24. The van der Waals surface area contributed by atoms with Crippen LogP contribution in [0.25, 0.3) is 0 Å². The van der Waals surface area contributed by atoms with Gasteiger partial charge in [0.2, 0.25) is 6.10 Å². The maximum atomic E-state index is 10.6. The van der Waals surface area contributed by atoms with Crippen molar-refractivity contribution in [3.8, 4) is 5.75 Å². The van der Waals surface area contributed by atoms with E-state index in [4.69, 9.17) is 21.4 Å². The van der Waals surface area contributed by atoms with Crippen molar-refractivity contribution in [2.75, 3.05) is 11.9 Å². The monoisotopic (exact) mass is 213 g/mol. The molecule has 1 aliphatic rings. The number of carbonyl (C=O) groups is 1. The van der Waals surface area contributed by atoms with Crippen molar-refractivity contribution in [2.24, 2.45) is 0 Å². The Hall–Kier alpha value is -1.42. The van der Waals surface area contributed by atoms with E-state index in [0.29, 0.717) is 10.8 Å². The molecule has 0 aromatic heterocycles. The molecule has 1 aromatic carbocycles. The zero-order valence-electron chi connectivity index (χ0n) is 7.16. The lowest BCUT2D eigenvalue weighted by Crippen LogP contribution is -2.37. The molecule has 0 unspecified atom stereocenters. The van der Waals surface area contributed by atoms with Crippen LogP contribution in [0.3, 0.4) is 0 Å². The number of rotatable bonds is 1. The summed E-state index contributed by atoms with van der Waals surface area (Å²) in [4.78, 5) is 10.6. The third-order valence-corrected chi connectivity index (χ3v) is 2.20. The largest absolute Gasteiger partial charge is 0.478 e. The summed E-state index contributed by atoms with van der Waals surface area (Å²) >= 11 is 5.76. The van der Waals surface area contributed by atoms with Crippen LogP contribution in [0, 0.1) is 0 Å². The molecule has 5 heteroatoms. The number of carboxylic acid groups (broad SMARTS) is 1. The van der Waals surface area contributed by atoms with Gasteiger partial charge < -0.3 is 15.2 Å². The van der Waals surface area contributed by atoms with E-state index in [0.717, 1.165) is 5.69 Å². The number of halogens is 1. The maximum absolute atomic E-state index is 10.6. The van der Waals surface area contributed by atoms with E-state index in [9.17, 15) is 4.79 Å². The standard InChI is InChI=1S/C9H8ClNO3/c10-5-1-2-7-6(3-5)11-4-8(14-7)9(12)13/h1-3,8,11H,4H2,(H,12,13)/t8-/m0/s1. The smallest absolute Gasteiger partial charge is 0.346 e. The number of aliphatic carboxylic acids is 1. The van der Waals surface area contributed by atoms with Crippen molar-refractivity contribution in [2.45, 2.75) is 6.10 Å². The van der Waals surface area contributed by atoms with Crippen molar-refractivity contribution in [1.29, 1.82) is 0 Å². The topological polar surface area (TPSA) is 58.6 Å². The molecule has 0 amide bonds. The van der Waals surface area contributed by atoms with Crippen molar-refractivity contribution < 1.29 is 14.6 Å². The first-order valence-electron chi connectivity index (χ1n) is 4.10. The highest BCUT2D eigenvalue weighted by Crippen LogP contribution is 2.31. The summed E-state index contributed by atoms with van der Waals surface area (Å²) in [6.45, 7) is 0.253. The van der Waals surface area contributed by atoms with E-state index in [1.165, 1.54) is 0 Å². The van der Waals surface area contributed by atoms with Gasteiger partial charge in [-0.15, -0.1) is 0 Å². The Kier molecular flexibility index (Phi) is 2.21. The SMILES string of the molecule is O=C(O)[C@@H]1CNc2cc(Cl)ccc2O1. The number of carboxylic acids is 1. The van der Waals surface area contributed by atoms with Gasteiger partial charge in [0.15, 0.2) is 0 Å². The molecule has 0 fully saturated rings. The van der Waals surface area contributed by atoms with Crippen molar-refractivity contribution in [3.63, 3.8) is 0 Å². The summed E-state index contributed by atoms with van der Waals surface area (Å²) in [5.74, 6) is -0.453. The molecule has 1 aromatic rings. The molecule has 1 atom stereocenters. The van der Waals surface area contributed by atoms with Crippen LogP contribution in [0.2, 0.25) is 5.02 Å². The Labute approximate surface area is 85.4 Å². The maximum Gasteiger partial charge on any atom is 0.346 e. The van der Waals surface area contributed by atoms with Gasteiger partial charge in [-0.2, -0.15) is 0 Å². The molecule has 74 valence electrons. The molecule has 0 saturated carbocycles.